The van der Waals surface area contributed by atoms with E-state index in [4.69, 9.17) is 13.9 Å². The normalized spacial score (nSPS) is 10.9. The van der Waals surface area contributed by atoms with Gasteiger partial charge in [-0.2, -0.15) is 0 Å². The van der Waals surface area contributed by atoms with Crippen LogP contribution >= 0.6 is 15.9 Å². The van der Waals surface area contributed by atoms with E-state index in [0.717, 1.165) is 0 Å². The van der Waals surface area contributed by atoms with E-state index in [1.54, 1.807) is 11.9 Å². The molecule has 2 heterocycles. The molecule has 0 aliphatic rings. The van der Waals surface area contributed by atoms with E-state index in [1.807, 2.05) is 0 Å². The Labute approximate surface area is 99.4 Å². The maximum Gasteiger partial charge on any atom is 0.230 e. The van der Waals surface area contributed by atoms with Crippen LogP contribution in [0, 0.1) is 0 Å². The molecule has 0 spiro atoms. The average Bonchev–Trinajstić information content (AvgIpc) is 2.61. The maximum atomic E-state index is 11.7. The molecular formula is C10H10BrNO4. The fourth-order valence-electron chi connectivity index (χ4n) is 1.35. The van der Waals surface area contributed by atoms with Crippen molar-refractivity contribution in [3.8, 4) is 0 Å². The molecule has 2 rings (SSSR count). The average molecular weight is 288 g/mol. The summed E-state index contributed by atoms with van der Waals surface area (Å²) < 4.78 is 11.2. The van der Waals surface area contributed by atoms with Crippen LogP contribution < -0.4 is 10.3 Å². The Balaban J connectivity index is 2.56. The maximum absolute atomic E-state index is 11.7. The van der Waals surface area contributed by atoms with Gasteiger partial charge >= 0.3 is 0 Å². The van der Waals surface area contributed by atoms with Crippen LogP contribution in [-0.2, 0) is 0 Å². The highest BCUT2D eigenvalue weighted by atomic mass is 79.9. The van der Waals surface area contributed by atoms with Crippen molar-refractivity contribution in [1.82, 2.24) is 0 Å². The van der Waals surface area contributed by atoms with E-state index in [9.17, 15) is 4.79 Å². The molecule has 2 aromatic rings. The van der Waals surface area contributed by atoms with Gasteiger partial charge in [-0.1, -0.05) is 0 Å². The Morgan fingerprint density at radius 2 is 2.25 bits per heavy atom. The van der Waals surface area contributed by atoms with Crippen LogP contribution in [0.1, 0.15) is 0 Å². The summed E-state index contributed by atoms with van der Waals surface area (Å²) in [5.41, 5.74) is 0.326. The number of rotatable bonds is 3. The molecule has 5 nitrogen and oxygen atoms in total. The number of aliphatic hydroxyl groups is 1. The zero-order valence-corrected chi connectivity index (χ0v) is 10.2. The smallest absolute Gasteiger partial charge is 0.230 e. The first kappa shape index (κ1) is 11.2. The highest BCUT2D eigenvalue weighted by Gasteiger charge is 2.13. The van der Waals surface area contributed by atoms with E-state index in [0.29, 0.717) is 22.5 Å². The summed E-state index contributed by atoms with van der Waals surface area (Å²) in [6, 6.07) is 1.34. The fourth-order valence-corrected chi connectivity index (χ4v) is 1.71. The second-order valence-corrected chi connectivity index (χ2v) is 4.19. The van der Waals surface area contributed by atoms with Crippen LogP contribution in [0.3, 0.4) is 0 Å². The van der Waals surface area contributed by atoms with Gasteiger partial charge in [-0.05, 0) is 15.9 Å². The minimum absolute atomic E-state index is 0.00912. The summed E-state index contributed by atoms with van der Waals surface area (Å²) in [6.07, 6.45) is 1.41. The minimum Gasteiger partial charge on any atom is -0.456 e. The van der Waals surface area contributed by atoms with Gasteiger partial charge in [0.2, 0.25) is 11.0 Å². The number of hydrogen-bond donors (Lipinski definition) is 1. The standard InChI is InChI=1S/C10H10BrNO4/c1-12(2-3-13)8-4-7(14)10-9(16-8)6(11)5-15-10/h4-5,13H,2-3H2,1H3. The van der Waals surface area contributed by atoms with Crippen molar-refractivity contribution in [1.29, 1.82) is 0 Å². The quantitative estimate of drug-likeness (QED) is 0.928. The SMILES string of the molecule is CN(CCO)c1cc(=O)c2occ(Br)c2o1. The molecule has 0 unspecified atom stereocenters. The van der Waals surface area contributed by atoms with Gasteiger partial charge in [-0.25, -0.2) is 0 Å². The molecule has 1 N–H and O–H groups in total. The minimum atomic E-state index is -0.244. The van der Waals surface area contributed by atoms with Crippen molar-refractivity contribution in [2.75, 3.05) is 25.1 Å². The van der Waals surface area contributed by atoms with E-state index in [-0.39, 0.29) is 17.6 Å². The van der Waals surface area contributed by atoms with Gasteiger partial charge in [0.15, 0.2) is 11.5 Å². The number of likely N-dealkylation sites (N-methyl/N-ethyl adjacent to an activating group) is 1. The lowest BCUT2D eigenvalue weighted by atomic mass is 10.4. The van der Waals surface area contributed by atoms with Gasteiger partial charge in [0, 0.05) is 13.6 Å². The van der Waals surface area contributed by atoms with Crippen molar-refractivity contribution < 1.29 is 13.9 Å². The summed E-state index contributed by atoms with van der Waals surface area (Å²) in [5.74, 6) is 0.397. The highest BCUT2D eigenvalue weighted by Crippen LogP contribution is 2.26. The molecule has 0 amide bonds. The second kappa shape index (κ2) is 4.31. The molecule has 0 saturated carbocycles. The lowest BCUT2D eigenvalue weighted by Crippen LogP contribution is -2.22. The molecule has 2 aromatic heterocycles. The molecule has 0 fully saturated rings. The van der Waals surface area contributed by atoms with E-state index < -0.39 is 0 Å². The first-order valence-corrected chi connectivity index (χ1v) is 5.45. The van der Waals surface area contributed by atoms with E-state index >= 15 is 0 Å². The molecule has 0 radical (unpaired) electrons. The first-order chi connectivity index (χ1) is 7.63. The Kier molecular flexibility index (Phi) is 3.02. The van der Waals surface area contributed by atoms with Gasteiger partial charge in [-0.15, -0.1) is 0 Å². The van der Waals surface area contributed by atoms with Crippen LogP contribution in [0.25, 0.3) is 11.2 Å². The molecule has 16 heavy (non-hydrogen) atoms. The highest BCUT2D eigenvalue weighted by molar-refractivity contribution is 9.10. The third kappa shape index (κ3) is 1.85. The number of anilines is 1. The van der Waals surface area contributed by atoms with Crippen molar-refractivity contribution in [3.63, 3.8) is 0 Å². The molecule has 0 saturated heterocycles. The van der Waals surface area contributed by atoms with Crippen molar-refractivity contribution >= 4 is 33.0 Å². The first-order valence-electron chi connectivity index (χ1n) is 4.66. The van der Waals surface area contributed by atoms with Crippen LogP contribution in [0.2, 0.25) is 0 Å². The van der Waals surface area contributed by atoms with Gasteiger partial charge < -0.3 is 18.8 Å². The number of fused-ring (bicyclic) bond motifs is 1. The Bertz CT molecular complexity index is 559. The molecule has 6 heteroatoms. The molecule has 0 aromatic carbocycles. The number of furan rings is 1. The van der Waals surface area contributed by atoms with Crippen LogP contribution in [0.5, 0.6) is 0 Å². The monoisotopic (exact) mass is 287 g/mol. The fraction of sp³-hybridized carbons (Fsp3) is 0.300. The van der Waals surface area contributed by atoms with Gasteiger partial charge in [0.1, 0.15) is 6.26 Å². The third-order valence-corrected chi connectivity index (χ3v) is 2.75. The number of nitrogens with zero attached hydrogens (tertiary/aromatic N) is 1. The molecular weight excluding hydrogens is 278 g/mol. The molecule has 86 valence electrons. The van der Waals surface area contributed by atoms with Gasteiger partial charge in [0.05, 0.1) is 17.1 Å². The van der Waals surface area contributed by atoms with E-state index in [2.05, 4.69) is 15.9 Å². The zero-order chi connectivity index (χ0) is 11.7. The Morgan fingerprint density at radius 3 is 2.94 bits per heavy atom. The number of hydrogen-bond acceptors (Lipinski definition) is 5. The largest absolute Gasteiger partial charge is 0.456 e. The second-order valence-electron chi connectivity index (χ2n) is 3.34. The third-order valence-electron chi connectivity index (χ3n) is 2.20. The molecule has 0 bridgehead atoms. The summed E-state index contributed by atoms with van der Waals surface area (Å²) >= 11 is 3.23. The summed E-state index contributed by atoms with van der Waals surface area (Å²) in [5, 5.41) is 8.81. The zero-order valence-electron chi connectivity index (χ0n) is 8.57. The predicted molar refractivity (Wildman–Crippen MR) is 62.8 cm³/mol. The predicted octanol–water partition coefficient (Wildman–Crippen LogP) is 1.58. The van der Waals surface area contributed by atoms with Crippen LogP contribution in [0.15, 0.2) is 30.4 Å². The summed E-state index contributed by atoms with van der Waals surface area (Å²) in [4.78, 5) is 13.3. The lowest BCUT2D eigenvalue weighted by molar-refractivity contribution is 0.302. The van der Waals surface area contributed by atoms with Crippen molar-refractivity contribution in [2.45, 2.75) is 0 Å². The number of aliphatic hydroxyl groups excluding tert-OH is 1. The summed E-state index contributed by atoms with van der Waals surface area (Å²) in [6.45, 7) is 0.384. The molecule has 0 atom stereocenters. The van der Waals surface area contributed by atoms with Crippen molar-refractivity contribution in [3.05, 3.63) is 27.0 Å². The van der Waals surface area contributed by atoms with Crippen molar-refractivity contribution in [2.24, 2.45) is 0 Å². The Morgan fingerprint density at radius 1 is 1.50 bits per heavy atom. The summed E-state index contributed by atoms with van der Waals surface area (Å²) in [7, 11) is 1.73. The van der Waals surface area contributed by atoms with Gasteiger partial charge in [0.25, 0.3) is 0 Å². The lowest BCUT2D eigenvalue weighted by Gasteiger charge is -2.15. The van der Waals surface area contributed by atoms with Crippen LogP contribution in [-0.4, -0.2) is 25.3 Å². The Hall–Kier alpha value is -1.27. The van der Waals surface area contributed by atoms with Crippen LogP contribution in [0.4, 0.5) is 5.88 Å². The number of halogens is 1. The van der Waals surface area contributed by atoms with E-state index in [1.165, 1.54) is 12.3 Å². The topological polar surface area (TPSA) is 66.8 Å². The molecule has 0 aliphatic carbocycles. The van der Waals surface area contributed by atoms with Gasteiger partial charge in [-0.3, -0.25) is 4.79 Å². The molecule has 0 aliphatic heterocycles.